The molecule has 6 atom stereocenters. The van der Waals surface area contributed by atoms with Gasteiger partial charge in [0.15, 0.2) is 0 Å². The molecule has 6 N–H and O–H groups in total. The molecule has 1 aromatic carbocycles. The number of esters is 1. The zero-order valence-corrected chi connectivity index (χ0v) is 34.4. The largest absolute Gasteiger partial charge is 0.508 e. The van der Waals surface area contributed by atoms with Gasteiger partial charge < -0.3 is 35.5 Å². The Morgan fingerprint density at radius 2 is 1.71 bits per heavy atom. The molecule has 0 spiro atoms. The lowest BCUT2D eigenvalue weighted by Crippen LogP contribution is -2.62. The summed E-state index contributed by atoms with van der Waals surface area (Å²) < 4.78 is 19.1. The summed E-state index contributed by atoms with van der Waals surface area (Å²) in [5, 5.41) is 37.4. The fourth-order valence-corrected chi connectivity index (χ4v) is 6.33. The molecule has 1 saturated heterocycles. The lowest BCUT2D eigenvalue weighted by atomic mass is 9.85. The Labute approximate surface area is 340 Å². The number of Topliss-reactive ketones (excluding diaryl/α,β-unsaturated/α-hetero) is 1. The Morgan fingerprint density at radius 1 is 1.00 bits per heavy atom. The fourth-order valence-electron chi connectivity index (χ4n) is 6.33. The third-order valence-electron chi connectivity index (χ3n) is 9.63. The Morgan fingerprint density at radius 3 is 2.34 bits per heavy atom. The van der Waals surface area contributed by atoms with Gasteiger partial charge in [-0.05, 0) is 88.8 Å². The predicted molar refractivity (Wildman–Crippen MR) is 216 cm³/mol. The average Bonchev–Trinajstić information content (AvgIpc) is 3.15. The summed E-state index contributed by atoms with van der Waals surface area (Å²) >= 11 is 0. The van der Waals surface area contributed by atoms with E-state index in [4.69, 9.17) is 4.74 Å². The Kier molecular flexibility index (Phi) is 21.3. The van der Waals surface area contributed by atoms with Crippen LogP contribution in [-0.4, -0.2) is 93.2 Å². The van der Waals surface area contributed by atoms with E-state index in [0.29, 0.717) is 19.4 Å². The van der Waals surface area contributed by atoms with Crippen molar-refractivity contribution in [2.24, 2.45) is 17.8 Å². The molecule has 3 amide bonds. The molecule has 1 unspecified atom stereocenters. The van der Waals surface area contributed by atoms with E-state index in [2.05, 4.69) is 16.1 Å². The van der Waals surface area contributed by atoms with Gasteiger partial charge in [0.2, 0.25) is 11.8 Å². The van der Waals surface area contributed by atoms with Crippen LogP contribution in [0.5, 0.6) is 5.75 Å². The van der Waals surface area contributed by atoms with E-state index >= 15 is 0 Å². The van der Waals surface area contributed by atoms with Gasteiger partial charge >= 0.3 is 11.9 Å². The predicted octanol–water partition coefficient (Wildman–Crippen LogP) is 4.61. The standard InChI is InChI=1S/C43H61FN4O10/c1-7-58-37(51)19-13-16-28(4)15-11-9-8-10-12-17-29(5)39(52)34(21-20-30(6)49)40(53)46-38(27(2)3)41(54)45-36(25-31-23-32(44)26-33(50)24-31)42(55)48-22-14-18-35(47-48)43(56)57/h8-10,12-13,16,19,23-24,26-27,29,34-36,38-39,47,50,52H,7,11,14-15,17-18,20-22,25H2,1-6H3,(H,45,54)(H,46,53)(H,56,57)/b9-8+,12-10+,19-13+,28-16+/t29-,34+,35?,36-,38-,39+/m0/s1. The van der Waals surface area contributed by atoms with Crippen LogP contribution in [0, 0.1) is 23.6 Å². The number of rotatable bonds is 23. The molecule has 1 aromatic rings. The number of carbonyl (C=O) groups is 6. The number of aliphatic carboxylic acids is 1. The number of nitrogens with one attached hydrogen (secondary N) is 3. The number of hydrazine groups is 1. The van der Waals surface area contributed by atoms with Crippen molar-refractivity contribution in [1.82, 2.24) is 21.1 Å². The number of halogens is 1. The maximum Gasteiger partial charge on any atom is 0.330 e. The number of benzene rings is 1. The third-order valence-corrected chi connectivity index (χ3v) is 9.63. The maximum absolute atomic E-state index is 14.2. The number of hydrogen-bond acceptors (Lipinski definition) is 10. The highest BCUT2D eigenvalue weighted by Gasteiger charge is 2.37. The molecule has 14 nitrogen and oxygen atoms in total. The van der Waals surface area contributed by atoms with Crippen LogP contribution in [0.25, 0.3) is 0 Å². The molecule has 0 bridgehead atoms. The Hall–Kier alpha value is -5.15. The highest BCUT2D eigenvalue weighted by Crippen LogP contribution is 2.23. The summed E-state index contributed by atoms with van der Waals surface area (Å²) in [6.45, 7) is 10.7. The maximum atomic E-state index is 14.2. The number of aliphatic hydroxyl groups excluding tert-OH is 1. The van der Waals surface area contributed by atoms with E-state index in [1.165, 1.54) is 19.1 Å². The van der Waals surface area contributed by atoms with Crippen LogP contribution in [0.2, 0.25) is 0 Å². The van der Waals surface area contributed by atoms with Gasteiger partial charge in [-0.1, -0.05) is 62.8 Å². The first kappa shape index (κ1) is 49.0. The molecule has 1 heterocycles. The summed E-state index contributed by atoms with van der Waals surface area (Å²) in [5.74, 6) is -6.97. The summed E-state index contributed by atoms with van der Waals surface area (Å²) in [6.07, 6.45) is 13.7. The van der Waals surface area contributed by atoms with E-state index in [0.717, 1.165) is 35.6 Å². The van der Waals surface area contributed by atoms with Crippen molar-refractivity contribution in [3.8, 4) is 5.75 Å². The molecule has 1 aliphatic heterocycles. The molecule has 2 rings (SSSR count). The number of carbonyl (C=O) groups excluding carboxylic acids is 5. The van der Waals surface area contributed by atoms with Crippen LogP contribution < -0.4 is 16.1 Å². The average molecular weight is 813 g/mol. The molecule has 58 heavy (non-hydrogen) atoms. The zero-order chi connectivity index (χ0) is 43.4. The van der Waals surface area contributed by atoms with Crippen molar-refractivity contribution in [2.75, 3.05) is 13.2 Å². The van der Waals surface area contributed by atoms with E-state index in [-0.39, 0.29) is 43.6 Å². The summed E-state index contributed by atoms with van der Waals surface area (Å²) in [5.41, 5.74) is 3.93. The first-order valence-electron chi connectivity index (χ1n) is 19.8. The topological polar surface area (TPSA) is 212 Å². The second kappa shape index (κ2) is 25.3. The van der Waals surface area contributed by atoms with Gasteiger partial charge in [-0.3, -0.25) is 24.2 Å². The van der Waals surface area contributed by atoms with E-state index in [1.807, 2.05) is 37.3 Å². The number of ketones is 1. The van der Waals surface area contributed by atoms with Gasteiger partial charge in [0.25, 0.3) is 5.91 Å². The second-order valence-electron chi connectivity index (χ2n) is 15.0. The molecule has 320 valence electrons. The Bertz CT molecular complexity index is 1670. The number of ether oxygens (including phenoxy) is 1. The molecular formula is C43H61FN4O10. The summed E-state index contributed by atoms with van der Waals surface area (Å²) in [4.78, 5) is 76.6. The molecule has 1 aliphatic rings. The van der Waals surface area contributed by atoms with Gasteiger partial charge in [0.05, 0.1) is 18.6 Å². The van der Waals surface area contributed by atoms with Gasteiger partial charge in [0, 0.05) is 31.5 Å². The van der Waals surface area contributed by atoms with Crippen molar-refractivity contribution in [1.29, 1.82) is 0 Å². The second-order valence-corrected chi connectivity index (χ2v) is 15.0. The van der Waals surface area contributed by atoms with E-state index < -0.39 is 83.2 Å². The van der Waals surface area contributed by atoms with Crippen molar-refractivity contribution in [2.45, 2.75) is 117 Å². The minimum absolute atomic E-state index is 0.0166. The normalized spacial score (nSPS) is 17.6. The van der Waals surface area contributed by atoms with Crippen molar-refractivity contribution in [3.05, 3.63) is 77.7 Å². The molecule has 0 aliphatic carbocycles. The van der Waals surface area contributed by atoms with Gasteiger partial charge in [-0.2, -0.15) is 0 Å². The molecule has 0 saturated carbocycles. The summed E-state index contributed by atoms with van der Waals surface area (Å²) in [7, 11) is 0. The fraction of sp³-hybridized carbons (Fsp3) is 0.535. The molecule has 1 fully saturated rings. The molecule has 0 aromatic heterocycles. The number of aromatic hydroxyl groups is 1. The number of amides is 3. The Balaban J connectivity index is 2.17. The van der Waals surface area contributed by atoms with E-state index in [9.17, 15) is 48.5 Å². The van der Waals surface area contributed by atoms with Crippen LogP contribution in [0.3, 0.4) is 0 Å². The van der Waals surface area contributed by atoms with Crippen LogP contribution >= 0.6 is 0 Å². The van der Waals surface area contributed by atoms with Gasteiger partial charge in [0.1, 0.15) is 35.5 Å². The number of hydrogen-bond donors (Lipinski definition) is 6. The number of phenolic OH excluding ortho intramolecular Hbond substituents is 1. The number of aliphatic hydroxyl groups is 1. The minimum Gasteiger partial charge on any atom is -0.508 e. The van der Waals surface area contributed by atoms with Crippen molar-refractivity contribution < 1.29 is 53.2 Å². The lowest BCUT2D eigenvalue weighted by molar-refractivity contribution is -0.149. The van der Waals surface area contributed by atoms with E-state index in [1.54, 1.807) is 33.8 Å². The monoisotopic (exact) mass is 812 g/mol. The first-order chi connectivity index (χ1) is 27.4. The van der Waals surface area contributed by atoms with Gasteiger partial charge in [-0.25, -0.2) is 14.6 Å². The highest BCUT2D eigenvalue weighted by molar-refractivity contribution is 5.93. The minimum atomic E-state index is -1.35. The molecule has 15 heteroatoms. The number of nitrogens with zero attached hydrogens (tertiary/aromatic N) is 1. The van der Waals surface area contributed by atoms with Crippen molar-refractivity contribution >= 4 is 35.4 Å². The quantitative estimate of drug-likeness (QED) is 0.0511. The number of carboxylic acids is 1. The van der Waals surface area contributed by atoms with Crippen LogP contribution in [-0.2, 0) is 39.9 Å². The SMILES string of the molecule is CCOC(=O)/C=C/C=C(\C)CC/C=C/C=C/C[C@H](C)[C@@H](O)[C@@H](CCC(C)=O)C(=O)N[C@H](C(=O)N[C@@H](Cc1cc(O)cc(F)c1)C(=O)N1CCCC(C(=O)O)N1)C(C)C. The third kappa shape index (κ3) is 17.6. The molecule has 0 radical (unpaired) electrons. The highest BCUT2D eigenvalue weighted by atomic mass is 19.1. The lowest BCUT2D eigenvalue weighted by Gasteiger charge is -2.35. The summed E-state index contributed by atoms with van der Waals surface area (Å²) in [6, 6.07) is -0.373. The number of carboxylic acid groups (broad SMARTS) is 1. The van der Waals surface area contributed by atoms with Gasteiger partial charge in [-0.15, -0.1) is 0 Å². The molecular weight excluding hydrogens is 751 g/mol. The van der Waals surface area contributed by atoms with Crippen molar-refractivity contribution in [3.63, 3.8) is 0 Å². The number of allylic oxidation sites excluding steroid dienone is 7. The van der Waals surface area contributed by atoms with Crippen LogP contribution in [0.1, 0.15) is 92.1 Å². The number of phenols is 1. The van der Waals surface area contributed by atoms with Crippen LogP contribution in [0.15, 0.2) is 66.3 Å². The first-order valence-corrected chi connectivity index (χ1v) is 19.8. The smallest absolute Gasteiger partial charge is 0.330 e. The zero-order valence-electron chi connectivity index (χ0n) is 34.4. The van der Waals surface area contributed by atoms with Crippen LogP contribution in [0.4, 0.5) is 4.39 Å².